The van der Waals surface area contributed by atoms with E-state index in [9.17, 15) is 4.79 Å². The fourth-order valence-electron chi connectivity index (χ4n) is 2.54. The first-order valence-electron chi connectivity index (χ1n) is 7.76. The van der Waals surface area contributed by atoms with Gasteiger partial charge in [-0.25, -0.2) is 9.97 Å². The molecule has 1 amide bonds. The lowest BCUT2D eigenvalue weighted by Gasteiger charge is -2.34. The van der Waals surface area contributed by atoms with Crippen LogP contribution in [0.1, 0.15) is 10.5 Å². The number of carbonyl (C=O) groups is 1. The second-order valence-electron chi connectivity index (χ2n) is 5.35. The number of anilines is 1. The van der Waals surface area contributed by atoms with Gasteiger partial charge in [0.2, 0.25) is 5.95 Å². The molecule has 0 aromatic carbocycles. The lowest BCUT2D eigenvalue weighted by Crippen LogP contribution is -2.49. The Hall–Kier alpha value is -2.54. The Balaban J connectivity index is 1.39. The first-order chi connectivity index (χ1) is 11.3. The maximum Gasteiger partial charge on any atom is 0.269 e. The van der Waals surface area contributed by atoms with Crippen LogP contribution in [0.5, 0.6) is 0 Å². The fraction of sp³-hybridized carbons (Fsp3) is 0.375. The van der Waals surface area contributed by atoms with E-state index in [1.165, 1.54) is 0 Å². The molecule has 3 rings (SSSR count). The third-order valence-electron chi connectivity index (χ3n) is 3.82. The molecule has 0 bridgehead atoms. The Kier molecular flexibility index (Phi) is 5.10. The number of carbonyl (C=O) groups excluding carboxylic acids is 1. The first-order valence-corrected chi connectivity index (χ1v) is 7.76. The summed E-state index contributed by atoms with van der Waals surface area (Å²) in [7, 11) is 0. The zero-order chi connectivity index (χ0) is 15.9. The predicted octanol–water partition coefficient (Wildman–Crippen LogP) is 0.424. The number of nitrogens with zero attached hydrogens (tertiary/aromatic N) is 5. The molecule has 7 heteroatoms. The van der Waals surface area contributed by atoms with E-state index in [1.54, 1.807) is 30.7 Å². The summed E-state index contributed by atoms with van der Waals surface area (Å²) in [5, 5.41) is 2.91. The molecule has 120 valence electrons. The van der Waals surface area contributed by atoms with Crippen LogP contribution in [-0.2, 0) is 0 Å². The van der Waals surface area contributed by atoms with Crippen LogP contribution in [0.25, 0.3) is 0 Å². The molecule has 0 unspecified atom stereocenters. The van der Waals surface area contributed by atoms with E-state index in [1.807, 2.05) is 12.1 Å². The lowest BCUT2D eigenvalue weighted by molar-refractivity contribution is 0.0943. The smallest absolute Gasteiger partial charge is 0.269 e. The highest BCUT2D eigenvalue weighted by atomic mass is 16.1. The van der Waals surface area contributed by atoms with Crippen molar-refractivity contribution in [2.24, 2.45) is 0 Å². The largest absolute Gasteiger partial charge is 0.349 e. The van der Waals surface area contributed by atoms with Crippen molar-refractivity contribution in [1.82, 2.24) is 25.2 Å². The predicted molar refractivity (Wildman–Crippen MR) is 87.3 cm³/mol. The Morgan fingerprint density at radius 3 is 2.43 bits per heavy atom. The minimum absolute atomic E-state index is 0.123. The Bertz CT molecular complexity index is 613. The van der Waals surface area contributed by atoms with E-state index in [2.05, 4.69) is 30.1 Å². The zero-order valence-electron chi connectivity index (χ0n) is 12.9. The highest BCUT2D eigenvalue weighted by molar-refractivity contribution is 5.92. The number of amides is 1. The minimum atomic E-state index is -0.123. The summed E-state index contributed by atoms with van der Waals surface area (Å²) >= 11 is 0. The van der Waals surface area contributed by atoms with Gasteiger partial charge in [-0.2, -0.15) is 0 Å². The summed E-state index contributed by atoms with van der Waals surface area (Å²) in [5.41, 5.74) is 0.457. The van der Waals surface area contributed by atoms with E-state index in [0.717, 1.165) is 38.7 Å². The number of pyridine rings is 1. The van der Waals surface area contributed by atoms with Gasteiger partial charge in [0.1, 0.15) is 5.69 Å². The number of hydrogen-bond acceptors (Lipinski definition) is 6. The number of hydrogen-bond donors (Lipinski definition) is 1. The molecule has 3 heterocycles. The average Bonchev–Trinajstić information content (AvgIpc) is 2.64. The summed E-state index contributed by atoms with van der Waals surface area (Å²) in [6, 6.07) is 7.15. The molecule has 0 spiro atoms. The van der Waals surface area contributed by atoms with Crippen LogP contribution in [0.4, 0.5) is 5.95 Å². The van der Waals surface area contributed by atoms with Crippen molar-refractivity contribution < 1.29 is 4.79 Å². The van der Waals surface area contributed by atoms with E-state index in [4.69, 9.17) is 0 Å². The molecule has 1 fully saturated rings. The fourth-order valence-corrected chi connectivity index (χ4v) is 2.54. The third kappa shape index (κ3) is 4.23. The van der Waals surface area contributed by atoms with Gasteiger partial charge in [0.25, 0.3) is 5.91 Å². The number of rotatable bonds is 5. The van der Waals surface area contributed by atoms with Crippen LogP contribution in [0.2, 0.25) is 0 Å². The monoisotopic (exact) mass is 312 g/mol. The molecule has 0 saturated carbocycles. The summed E-state index contributed by atoms with van der Waals surface area (Å²) in [5.74, 6) is 0.664. The molecular formula is C16H20N6O. The molecule has 1 aliphatic heterocycles. The summed E-state index contributed by atoms with van der Waals surface area (Å²) in [6.45, 7) is 5.14. The second-order valence-corrected chi connectivity index (χ2v) is 5.35. The van der Waals surface area contributed by atoms with Crippen LogP contribution in [-0.4, -0.2) is 65.0 Å². The van der Waals surface area contributed by atoms with Crippen molar-refractivity contribution in [3.63, 3.8) is 0 Å². The molecule has 2 aromatic rings. The lowest BCUT2D eigenvalue weighted by atomic mass is 10.3. The summed E-state index contributed by atoms with van der Waals surface area (Å²) in [6.07, 6.45) is 5.16. The number of nitrogens with one attached hydrogen (secondary N) is 1. The van der Waals surface area contributed by atoms with Gasteiger partial charge in [-0.3, -0.25) is 14.7 Å². The van der Waals surface area contributed by atoms with E-state index in [-0.39, 0.29) is 5.91 Å². The molecule has 7 nitrogen and oxygen atoms in total. The van der Waals surface area contributed by atoms with Gasteiger partial charge in [-0.15, -0.1) is 0 Å². The standard InChI is InChI=1S/C16H20N6O/c23-15(14-4-1-2-5-17-14)18-8-9-21-10-12-22(13-11-21)16-19-6-3-7-20-16/h1-7H,8-13H2,(H,18,23). The van der Waals surface area contributed by atoms with Gasteiger partial charge >= 0.3 is 0 Å². The molecule has 0 atom stereocenters. The van der Waals surface area contributed by atoms with Crippen molar-refractivity contribution in [1.29, 1.82) is 0 Å². The zero-order valence-corrected chi connectivity index (χ0v) is 12.9. The van der Waals surface area contributed by atoms with Crippen LogP contribution in [0.3, 0.4) is 0 Å². The van der Waals surface area contributed by atoms with Gasteiger partial charge in [0, 0.05) is 57.9 Å². The molecule has 0 radical (unpaired) electrons. The maximum absolute atomic E-state index is 11.9. The van der Waals surface area contributed by atoms with Crippen molar-refractivity contribution in [3.8, 4) is 0 Å². The number of piperazine rings is 1. The van der Waals surface area contributed by atoms with Gasteiger partial charge < -0.3 is 10.2 Å². The Labute approximate surface area is 135 Å². The van der Waals surface area contributed by atoms with Gasteiger partial charge in [-0.05, 0) is 18.2 Å². The summed E-state index contributed by atoms with van der Waals surface area (Å²) in [4.78, 5) is 29.0. The molecular weight excluding hydrogens is 292 g/mol. The molecule has 1 saturated heterocycles. The normalized spacial score (nSPS) is 15.4. The Morgan fingerprint density at radius 1 is 1.00 bits per heavy atom. The van der Waals surface area contributed by atoms with Crippen molar-refractivity contribution in [3.05, 3.63) is 48.5 Å². The van der Waals surface area contributed by atoms with Crippen LogP contribution < -0.4 is 10.2 Å². The second kappa shape index (κ2) is 7.64. The highest BCUT2D eigenvalue weighted by Crippen LogP contribution is 2.09. The molecule has 2 aromatic heterocycles. The molecule has 1 aliphatic rings. The molecule has 23 heavy (non-hydrogen) atoms. The average molecular weight is 312 g/mol. The van der Waals surface area contributed by atoms with Crippen LogP contribution in [0.15, 0.2) is 42.9 Å². The third-order valence-corrected chi connectivity index (χ3v) is 3.82. The minimum Gasteiger partial charge on any atom is -0.349 e. The summed E-state index contributed by atoms with van der Waals surface area (Å²) < 4.78 is 0. The van der Waals surface area contributed by atoms with Crippen LogP contribution in [0, 0.1) is 0 Å². The SMILES string of the molecule is O=C(NCCN1CCN(c2ncccn2)CC1)c1ccccn1. The molecule has 1 N–H and O–H groups in total. The van der Waals surface area contributed by atoms with E-state index < -0.39 is 0 Å². The molecule has 0 aliphatic carbocycles. The topological polar surface area (TPSA) is 74.2 Å². The highest BCUT2D eigenvalue weighted by Gasteiger charge is 2.18. The maximum atomic E-state index is 11.9. The van der Waals surface area contributed by atoms with E-state index >= 15 is 0 Å². The van der Waals surface area contributed by atoms with Crippen molar-refractivity contribution in [2.45, 2.75) is 0 Å². The first kappa shape index (κ1) is 15.4. The van der Waals surface area contributed by atoms with E-state index in [0.29, 0.717) is 12.2 Å². The van der Waals surface area contributed by atoms with Gasteiger partial charge in [0.05, 0.1) is 0 Å². The van der Waals surface area contributed by atoms with Gasteiger partial charge in [0.15, 0.2) is 0 Å². The van der Waals surface area contributed by atoms with Gasteiger partial charge in [-0.1, -0.05) is 6.07 Å². The van der Waals surface area contributed by atoms with Crippen LogP contribution >= 0.6 is 0 Å². The Morgan fingerprint density at radius 2 is 1.74 bits per heavy atom. The quantitative estimate of drug-likeness (QED) is 0.863. The van der Waals surface area contributed by atoms with Crippen molar-refractivity contribution in [2.75, 3.05) is 44.2 Å². The van der Waals surface area contributed by atoms with Crippen molar-refractivity contribution >= 4 is 11.9 Å². The number of aromatic nitrogens is 3.